The lowest BCUT2D eigenvalue weighted by Crippen LogP contribution is -1.87. The molecule has 0 fully saturated rings. The van der Waals surface area contributed by atoms with Crippen LogP contribution in [0, 0.1) is 6.92 Å². The number of nitrogen functional groups attached to an aromatic ring is 1. The van der Waals surface area contributed by atoms with Crippen molar-refractivity contribution in [2.45, 2.75) is 6.92 Å². The average Bonchev–Trinajstić information content (AvgIpc) is 2.20. The Kier molecular flexibility index (Phi) is 1.67. The summed E-state index contributed by atoms with van der Waals surface area (Å²) in [5, 5.41) is 0. The fraction of sp³-hybridized carbons (Fsp3) is 0.143. The van der Waals surface area contributed by atoms with Gasteiger partial charge in [-0.05, 0) is 24.8 Å². The third-order valence-corrected chi connectivity index (χ3v) is 1.42. The largest absolute Gasteiger partial charge is 0.405 e. The van der Waals surface area contributed by atoms with E-state index in [1.54, 1.807) is 6.08 Å². The third kappa shape index (κ3) is 0.978. The van der Waals surface area contributed by atoms with E-state index < -0.39 is 0 Å². The Bertz CT molecular complexity index is 233. The summed E-state index contributed by atoms with van der Waals surface area (Å²) < 4.78 is 0. The molecule has 1 heterocycles. The minimum absolute atomic E-state index is 0. The molecule has 0 saturated carbocycles. The average molecular weight is 139 g/mol. The van der Waals surface area contributed by atoms with Gasteiger partial charge in [0.15, 0.2) is 0 Å². The molecule has 0 saturated heterocycles. The standard InChI is InChI=1S/C7H11N3.H2/c1-5-4-10-7(9)6(5)2-3-8;/h2-4,10H,8-9H2,1H3;1H/b3-2-;. The fourth-order valence-corrected chi connectivity index (χ4v) is 0.871. The molecule has 0 amide bonds. The maximum absolute atomic E-state index is 5.57. The Labute approximate surface area is 61.2 Å². The lowest BCUT2D eigenvalue weighted by molar-refractivity contribution is 1.39. The van der Waals surface area contributed by atoms with E-state index in [9.17, 15) is 0 Å². The highest BCUT2D eigenvalue weighted by molar-refractivity contribution is 5.64. The number of aryl methyl sites for hydroxylation is 1. The number of anilines is 1. The van der Waals surface area contributed by atoms with E-state index in [0.29, 0.717) is 5.82 Å². The summed E-state index contributed by atoms with van der Waals surface area (Å²) in [4.78, 5) is 2.89. The van der Waals surface area contributed by atoms with Crippen LogP contribution in [0.25, 0.3) is 6.08 Å². The van der Waals surface area contributed by atoms with Crippen LogP contribution in [0.4, 0.5) is 5.82 Å². The molecule has 0 spiro atoms. The molecule has 56 valence electrons. The Balaban J connectivity index is 0.000001000. The van der Waals surface area contributed by atoms with Gasteiger partial charge in [-0.25, -0.2) is 0 Å². The Morgan fingerprint density at radius 2 is 2.40 bits per heavy atom. The van der Waals surface area contributed by atoms with Crippen LogP contribution in [0.5, 0.6) is 0 Å². The molecule has 0 radical (unpaired) electrons. The van der Waals surface area contributed by atoms with Crippen molar-refractivity contribution in [3.05, 3.63) is 23.5 Å². The number of aromatic nitrogens is 1. The number of hydrogen-bond acceptors (Lipinski definition) is 2. The van der Waals surface area contributed by atoms with Gasteiger partial charge in [0.2, 0.25) is 0 Å². The molecule has 0 aliphatic heterocycles. The minimum atomic E-state index is 0. The number of nitrogens with two attached hydrogens (primary N) is 2. The van der Waals surface area contributed by atoms with Gasteiger partial charge in [0.05, 0.1) is 0 Å². The highest BCUT2D eigenvalue weighted by Crippen LogP contribution is 2.15. The Hall–Kier alpha value is -1.38. The van der Waals surface area contributed by atoms with Crippen LogP contribution in [-0.2, 0) is 0 Å². The summed E-state index contributed by atoms with van der Waals surface area (Å²) in [5.74, 6) is 0.666. The van der Waals surface area contributed by atoms with Crippen molar-refractivity contribution in [3.8, 4) is 0 Å². The molecule has 0 unspecified atom stereocenters. The van der Waals surface area contributed by atoms with Gasteiger partial charge in [0.25, 0.3) is 0 Å². The van der Waals surface area contributed by atoms with Crippen LogP contribution < -0.4 is 11.5 Å². The maximum Gasteiger partial charge on any atom is 0.108 e. The van der Waals surface area contributed by atoms with Crippen LogP contribution in [0.3, 0.4) is 0 Å². The van der Waals surface area contributed by atoms with Gasteiger partial charge in [0.1, 0.15) is 5.82 Å². The predicted molar refractivity (Wildman–Crippen MR) is 45.3 cm³/mol. The monoisotopic (exact) mass is 139 g/mol. The molecular weight excluding hydrogens is 126 g/mol. The highest BCUT2D eigenvalue weighted by Gasteiger charge is 1.98. The maximum atomic E-state index is 5.57. The summed E-state index contributed by atoms with van der Waals surface area (Å²) in [5.41, 5.74) is 12.9. The second-order valence-electron chi connectivity index (χ2n) is 2.16. The van der Waals surface area contributed by atoms with Crippen LogP contribution in [0.1, 0.15) is 12.6 Å². The molecule has 0 aliphatic rings. The first-order chi connectivity index (χ1) is 4.75. The van der Waals surface area contributed by atoms with E-state index in [0.717, 1.165) is 11.1 Å². The minimum Gasteiger partial charge on any atom is -0.405 e. The van der Waals surface area contributed by atoms with Crippen LogP contribution in [0.15, 0.2) is 12.4 Å². The topological polar surface area (TPSA) is 67.8 Å². The van der Waals surface area contributed by atoms with Gasteiger partial charge in [0, 0.05) is 13.2 Å². The summed E-state index contributed by atoms with van der Waals surface area (Å²) in [6, 6.07) is 0. The molecule has 5 N–H and O–H groups in total. The van der Waals surface area contributed by atoms with Gasteiger partial charge in [-0.15, -0.1) is 0 Å². The molecule has 1 rings (SSSR count). The highest BCUT2D eigenvalue weighted by atomic mass is 14.8. The van der Waals surface area contributed by atoms with E-state index in [4.69, 9.17) is 11.5 Å². The molecule has 0 atom stereocenters. The molecule has 1 aromatic rings. The van der Waals surface area contributed by atoms with Crippen LogP contribution in [0.2, 0.25) is 0 Å². The van der Waals surface area contributed by atoms with Crippen molar-refractivity contribution in [1.29, 1.82) is 0 Å². The van der Waals surface area contributed by atoms with Crippen LogP contribution >= 0.6 is 0 Å². The zero-order chi connectivity index (χ0) is 7.56. The lowest BCUT2D eigenvalue weighted by Gasteiger charge is -1.90. The van der Waals surface area contributed by atoms with Crippen molar-refractivity contribution in [2.75, 3.05) is 5.73 Å². The van der Waals surface area contributed by atoms with Crippen molar-refractivity contribution < 1.29 is 1.43 Å². The lowest BCUT2D eigenvalue weighted by atomic mass is 10.2. The molecular formula is C7H13N3. The van der Waals surface area contributed by atoms with Gasteiger partial charge in [-0.1, -0.05) is 0 Å². The summed E-state index contributed by atoms with van der Waals surface area (Å²) >= 11 is 0. The fourth-order valence-electron chi connectivity index (χ4n) is 0.871. The zero-order valence-corrected chi connectivity index (χ0v) is 5.89. The van der Waals surface area contributed by atoms with Crippen molar-refractivity contribution in [3.63, 3.8) is 0 Å². The molecule has 0 bridgehead atoms. The van der Waals surface area contributed by atoms with Gasteiger partial charge in [-0.3, -0.25) is 0 Å². The number of H-pyrrole nitrogens is 1. The van der Waals surface area contributed by atoms with Crippen molar-refractivity contribution >= 4 is 11.9 Å². The first-order valence-electron chi connectivity index (χ1n) is 3.07. The molecule has 3 heteroatoms. The van der Waals surface area contributed by atoms with E-state index in [1.807, 2.05) is 13.1 Å². The summed E-state index contributed by atoms with van der Waals surface area (Å²) in [7, 11) is 0. The van der Waals surface area contributed by atoms with Gasteiger partial charge < -0.3 is 16.5 Å². The van der Waals surface area contributed by atoms with Crippen molar-refractivity contribution in [1.82, 2.24) is 4.98 Å². The summed E-state index contributed by atoms with van der Waals surface area (Å²) in [6.45, 7) is 1.97. The molecule has 0 aliphatic carbocycles. The Morgan fingerprint density at radius 1 is 1.70 bits per heavy atom. The quantitative estimate of drug-likeness (QED) is 0.545. The molecule has 3 nitrogen and oxygen atoms in total. The summed E-state index contributed by atoms with van der Waals surface area (Å²) in [6.07, 6.45) is 5.11. The number of nitrogens with one attached hydrogen (secondary N) is 1. The molecule has 0 aromatic carbocycles. The number of hydrogen-bond donors (Lipinski definition) is 3. The zero-order valence-electron chi connectivity index (χ0n) is 5.89. The first kappa shape index (κ1) is 6.74. The smallest absolute Gasteiger partial charge is 0.108 e. The number of aromatic amines is 1. The van der Waals surface area contributed by atoms with Gasteiger partial charge in [-0.2, -0.15) is 0 Å². The SMILES string of the molecule is Cc1c[nH]c(N)c1/C=C\N.[HH]. The number of rotatable bonds is 1. The molecule has 1 aromatic heterocycles. The molecule has 10 heavy (non-hydrogen) atoms. The third-order valence-electron chi connectivity index (χ3n) is 1.42. The van der Waals surface area contributed by atoms with E-state index in [-0.39, 0.29) is 1.43 Å². The van der Waals surface area contributed by atoms with Crippen LogP contribution in [-0.4, -0.2) is 4.98 Å². The van der Waals surface area contributed by atoms with Crippen molar-refractivity contribution in [2.24, 2.45) is 5.73 Å². The second kappa shape index (κ2) is 2.47. The predicted octanol–water partition coefficient (Wildman–Crippen LogP) is 1.08. The van der Waals surface area contributed by atoms with Gasteiger partial charge >= 0.3 is 0 Å². The first-order valence-corrected chi connectivity index (χ1v) is 3.07. The normalized spacial score (nSPS) is 10.9. The second-order valence-corrected chi connectivity index (χ2v) is 2.16. The van der Waals surface area contributed by atoms with E-state index in [1.165, 1.54) is 6.20 Å². The van der Waals surface area contributed by atoms with E-state index >= 15 is 0 Å². The van der Waals surface area contributed by atoms with E-state index in [2.05, 4.69) is 4.98 Å². The Morgan fingerprint density at radius 3 is 2.80 bits per heavy atom.